The molecule has 0 aliphatic carbocycles. The van der Waals surface area contributed by atoms with E-state index in [1.54, 1.807) is 25.4 Å². The first-order chi connectivity index (χ1) is 13.1. The molecule has 1 aliphatic heterocycles. The number of H-pyrrole nitrogens is 1. The number of nitrogens with one attached hydrogen (secondary N) is 1. The van der Waals surface area contributed by atoms with E-state index in [0.29, 0.717) is 23.7 Å². The molecular formula is C20H21N3O4. The first kappa shape index (κ1) is 17.5. The minimum Gasteiger partial charge on any atom is -0.463 e. The molecule has 0 fully saturated rings. The van der Waals surface area contributed by atoms with E-state index in [1.165, 1.54) is 0 Å². The molecule has 1 N–H and O–H groups in total. The predicted molar refractivity (Wildman–Crippen MR) is 98.2 cm³/mol. The molecule has 1 atom stereocenters. The van der Waals surface area contributed by atoms with Crippen LogP contribution in [0.1, 0.15) is 33.2 Å². The molecule has 1 aromatic carbocycles. The maximum absolute atomic E-state index is 13.1. The second kappa shape index (κ2) is 7.02. The lowest BCUT2D eigenvalue weighted by molar-refractivity contribution is -0.113. The molecule has 7 nitrogen and oxygen atoms in total. The molecule has 4 rings (SSSR count). The molecule has 0 saturated carbocycles. The highest BCUT2D eigenvalue weighted by atomic mass is 16.7. The van der Waals surface area contributed by atoms with Crippen LogP contribution < -0.4 is 0 Å². The van der Waals surface area contributed by atoms with E-state index < -0.39 is 6.29 Å². The molecule has 3 heterocycles. The number of hydrogen-bond donors (Lipinski definition) is 1. The van der Waals surface area contributed by atoms with E-state index in [0.717, 1.165) is 16.7 Å². The van der Waals surface area contributed by atoms with Crippen molar-refractivity contribution in [3.63, 3.8) is 0 Å². The van der Waals surface area contributed by atoms with Crippen LogP contribution in [0.3, 0.4) is 0 Å². The van der Waals surface area contributed by atoms with Gasteiger partial charge in [-0.2, -0.15) is 5.10 Å². The smallest absolute Gasteiger partial charge is 0.275 e. The minimum absolute atomic E-state index is 0.163. The van der Waals surface area contributed by atoms with Gasteiger partial charge in [-0.05, 0) is 24.6 Å². The predicted octanol–water partition coefficient (Wildman–Crippen LogP) is 3.14. The molecular weight excluding hydrogens is 346 g/mol. The largest absolute Gasteiger partial charge is 0.463 e. The first-order valence-electron chi connectivity index (χ1n) is 8.69. The van der Waals surface area contributed by atoms with Crippen LogP contribution in [-0.4, -0.2) is 48.1 Å². The number of carbonyl (C=O) groups excluding carboxylic acids is 1. The lowest BCUT2D eigenvalue weighted by Gasteiger charge is -2.29. The molecule has 7 heteroatoms. The van der Waals surface area contributed by atoms with Crippen LogP contribution in [0.5, 0.6) is 0 Å². The van der Waals surface area contributed by atoms with Gasteiger partial charge in [0.25, 0.3) is 5.91 Å². The maximum atomic E-state index is 13.1. The number of amides is 1. The third-order valence-corrected chi connectivity index (χ3v) is 4.88. The van der Waals surface area contributed by atoms with Gasteiger partial charge in [0, 0.05) is 19.8 Å². The Bertz CT molecular complexity index is 927. The highest BCUT2D eigenvalue weighted by Crippen LogP contribution is 2.42. The molecule has 0 spiro atoms. The molecule has 3 aromatic rings. The summed E-state index contributed by atoms with van der Waals surface area (Å²) in [7, 11) is 3.12. The van der Waals surface area contributed by atoms with Crippen molar-refractivity contribution in [2.24, 2.45) is 0 Å². The van der Waals surface area contributed by atoms with Crippen LogP contribution in [0, 0.1) is 6.92 Å². The van der Waals surface area contributed by atoms with E-state index in [2.05, 4.69) is 10.2 Å². The van der Waals surface area contributed by atoms with Gasteiger partial charge in [-0.15, -0.1) is 0 Å². The zero-order valence-corrected chi connectivity index (χ0v) is 15.4. The molecule has 1 unspecified atom stereocenters. The number of furan rings is 1. The molecule has 140 valence electrons. The average molecular weight is 367 g/mol. The Hall–Kier alpha value is -2.90. The van der Waals surface area contributed by atoms with Gasteiger partial charge in [0.1, 0.15) is 5.69 Å². The zero-order valence-electron chi connectivity index (χ0n) is 15.4. The molecule has 1 aliphatic rings. The molecule has 1 amide bonds. The van der Waals surface area contributed by atoms with Crippen LogP contribution in [0.2, 0.25) is 0 Å². The van der Waals surface area contributed by atoms with Gasteiger partial charge in [0.05, 0.1) is 18.8 Å². The fourth-order valence-electron chi connectivity index (χ4n) is 3.49. The fourth-order valence-corrected chi connectivity index (χ4v) is 3.49. The van der Waals surface area contributed by atoms with Crippen molar-refractivity contribution >= 4 is 5.91 Å². The summed E-state index contributed by atoms with van der Waals surface area (Å²) in [5, 5.41) is 7.25. The van der Waals surface area contributed by atoms with Crippen LogP contribution in [0.25, 0.3) is 11.5 Å². The molecule has 27 heavy (non-hydrogen) atoms. The number of carbonyl (C=O) groups is 1. The van der Waals surface area contributed by atoms with Gasteiger partial charge < -0.3 is 18.8 Å². The minimum atomic E-state index is -0.526. The number of nitrogens with zero attached hydrogens (tertiary/aromatic N) is 2. The summed E-state index contributed by atoms with van der Waals surface area (Å²) >= 11 is 0. The number of ether oxygens (including phenoxy) is 2. The van der Waals surface area contributed by atoms with Crippen LogP contribution in [0.4, 0.5) is 0 Å². The van der Waals surface area contributed by atoms with Crippen molar-refractivity contribution in [1.29, 1.82) is 0 Å². The summed E-state index contributed by atoms with van der Waals surface area (Å²) in [4.78, 5) is 14.8. The van der Waals surface area contributed by atoms with E-state index in [4.69, 9.17) is 13.9 Å². The standard InChI is InChI=1S/C20H21N3O4/c1-12-6-8-13(9-7-12)19-16-17(14-5-4-10-27-14)21-22-18(16)20(24)23(19)11-15(25-2)26-3/h4-10,15,19H,11H2,1-3H3,(H,21,22). The number of hydrogen-bond acceptors (Lipinski definition) is 5. The van der Waals surface area contributed by atoms with E-state index >= 15 is 0 Å². The highest BCUT2D eigenvalue weighted by Gasteiger charge is 2.43. The van der Waals surface area contributed by atoms with Gasteiger partial charge in [-0.3, -0.25) is 9.89 Å². The number of methoxy groups -OCH3 is 2. The number of aryl methyl sites for hydroxylation is 1. The summed E-state index contributed by atoms with van der Waals surface area (Å²) in [5.74, 6) is 0.481. The Kier molecular flexibility index (Phi) is 4.55. The lowest BCUT2D eigenvalue weighted by atomic mass is 9.97. The summed E-state index contributed by atoms with van der Waals surface area (Å²) < 4.78 is 16.2. The quantitative estimate of drug-likeness (QED) is 0.677. The van der Waals surface area contributed by atoms with Crippen molar-refractivity contribution in [3.05, 3.63) is 65.0 Å². The normalized spacial score (nSPS) is 16.4. The van der Waals surface area contributed by atoms with E-state index in [1.807, 2.05) is 43.3 Å². The third-order valence-electron chi connectivity index (χ3n) is 4.88. The number of benzene rings is 1. The van der Waals surface area contributed by atoms with Gasteiger partial charge in [0.15, 0.2) is 17.7 Å². The number of fused-ring (bicyclic) bond motifs is 1. The summed E-state index contributed by atoms with van der Waals surface area (Å²) in [6.45, 7) is 2.32. The van der Waals surface area contributed by atoms with Crippen molar-refractivity contribution in [1.82, 2.24) is 15.1 Å². The lowest BCUT2D eigenvalue weighted by Crippen LogP contribution is -2.38. The average Bonchev–Trinajstić information content (AvgIpc) is 3.39. The van der Waals surface area contributed by atoms with Gasteiger partial charge in [0.2, 0.25) is 0 Å². The Labute approximate surface area is 156 Å². The fraction of sp³-hybridized carbons (Fsp3) is 0.300. The topological polar surface area (TPSA) is 80.6 Å². The van der Waals surface area contributed by atoms with Crippen molar-refractivity contribution in [2.75, 3.05) is 20.8 Å². The molecule has 0 saturated heterocycles. The SMILES string of the molecule is COC(CN1C(=O)c2n[nH]c(-c3ccco3)c2C1c1ccc(C)cc1)OC. The van der Waals surface area contributed by atoms with Crippen molar-refractivity contribution < 1.29 is 18.7 Å². The first-order valence-corrected chi connectivity index (χ1v) is 8.69. The van der Waals surface area contributed by atoms with Crippen molar-refractivity contribution in [3.8, 4) is 11.5 Å². The maximum Gasteiger partial charge on any atom is 0.275 e. The second-order valence-electron chi connectivity index (χ2n) is 6.51. The van der Waals surface area contributed by atoms with Gasteiger partial charge >= 0.3 is 0 Å². The number of aromatic amines is 1. The number of aromatic nitrogens is 2. The highest BCUT2D eigenvalue weighted by molar-refractivity contribution is 6.00. The summed E-state index contributed by atoms with van der Waals surface area (Å²) in [6, 6.07) is 11.5. The van der Waals surface area contributed by atoms with Crippen LogP contribution >= 0.6 is 0 Å². The van der Waals surface area contributed by atoms with Crippen LogP contribution in [0.15, 0.2) is 47.1 Å². The van der Waals surface area contributed by atoms with Gasteiger partial charge in [-0.25, -0.2) is 0 Å². The van der Waals surface area contributed by atoms with Crippen molar-refractivity contribution in [2.45, 2.75) is 19.3 Å². The molecule has 2 aromatic heterocycles. The Morgan fingerprint density at radius 3 is 2.59 bits per heavy atom. The van der Waals surface area contributed by atoms with Crippen LogP contribution in [-0.2, 0) is 9.47 Å². The Morgan fingerprint density at radius 2 is 1.96 bits per heavy atom. The van der Waals surface area contributed by atoms with E-state index in [9.17, 15) is 4.79 Å². The summed E-state index contributed by atoms with van der Waals surface area (Å²) in [5.41, 5.74) is 4.07. The zero-order chi connectivity index (χ0) is 19.0. The third kappa shape index (κ3) is 2.94. The Morgan fingerprint density at radius 1 is 1.22 bits per heavy atom. The second-order valence-corrected chi connectivity index (χ2v) is 6.51. The number of rotatable bonds is 6. The molecule has 0 bridgehead atoms. The summed E-state index contributed by atoms with van der Waals surface area (Å²) in [6.07, 6.45) is 1.08. The molecule has 0 radical (unpaired) electrons. The van der Waals surface area contributed by atoms with Gasteiger partial charge in [-0.1, -0.05) is 29.8 Å². The monoisotopic (exact) mass is 367 g/mol. The van der Waals surface area contributed by atoms with E-state index in [-0.39, 0.29) is 11.9 Å². The Balaban J connectivity index is 1.83.